The lowest BCUT2D eigenvalue weighted by atomic mass is 10.0. The van der Waals surface area contributed by atoms with Gasteiger partial charge in [0.15, 0.2) is 0 Å². The van der Waals surface area contributed by atoms with E-state index in [4.69, 9.17) is 0 Å². The predicted octanol–water partition coefficient (Wildman–Crippen LogP) is 2.81. The Morgan fingerprint density at radius 1 is 1.14 bits per heavy atom. The van der Waals surface area contributed by atoms with Crippen molar-refractivity contribution in [1.82, 2.24) is 0 Å². The molecule has 0 saturated heterocycles. The van der Waals surface area contributed by atoms with Crippen molar-refractivity contribution in [1.29, 1.82) is 0 Å². The van der Waals surface area contributed by atoms with Gasteiger partial charge < -0.3 is 0 Å². The number of nitrogens with one attached hydrogen (secondary N) is 1. The molecule has 1 aliphatic heterocycles. The Labute approximate surface area is 169 Å². The molecule has 3 rings (SSSR count). The average molecular weight is 440 g/mol. The lowest BCUT2D eigenvalue weighted by molar-refractivity contribution is -0.385. The monoisotopic (exact) mass is 439 g/mol. The smallest absolute Gasteiger partial charge is 0.270 e. The highest BCUT2D eigenvalue weighted by Gasteiger charge is 2.27. The van der Waals surface area contributed by atoms with Crippen LogP contribution in [0.15, 0.2) is 41.3 Å². The molecular formula is C18H21N3O6S2. The number of benzene rings is 2. The second-order valence-corrected chi connectivity index (χ2v) is 10.6. The van der Waals surface area contributed by atoms with Crippen molar-refractivity contribution in [3.05, 3.63) is 57.6 Å². The highest BCUT2D eigenvalue weighted by atomic mass is 32.2. The zero-order valence-electron chi connectivity index (χ0n) is 16.0. The summed E-state index contributed by atoms with van der Waals surface area (Å²) in [6.07, 6.45) is 1.38. The van der Waals surface area contributed by atoms with Crippen LogP contribution in [0.2, 0.25) is 0 Å². The molecule has 29 heavy (non-hydrogen) atoms. The van der Waals surface area contributed by atoms with Gasteiger partial charge in [-0.1, -0.05) is 12.1 Å². The van der Waals surface area contributed by atoms with Gasteiger partial charge in [0.25, 0.3) is 15.7 Å². The Hall–Kier alpha value is -2.66. The van der Waals surface area contributed by atoms with Crippen molar-refractivity contribution in [3.8, 4) is 0 Å². The Morgan fingerprint density at radius 3 is 2.52 bits per heavy atom. The molecule has 2 aromatic carbocycles. The molecule has 0 fully saturated rings. The molecule has 0 atom stereocenters. The topological polar surface area (TPSA) is 127 Å². The highest BCUT2D eigenvalue weighted by molar-refractivity contribution is 7.93. The van der Waals surface area contributed by atoms with E-state index >= 15 is 0 Å². The molecule has 9 nitrogen and oxygen atoms in total. The zero-order chi connectivity index (χ0) is 21.4. The van der Waals surface area contributed by atoms with Crippen molar-refractivity contribution in [2.45, 2.75) is 31.6 Å². The summed E-state index contributed by atoms with van der Waals surface area (Å²) in [5.41, 5.74) is 1.49. The van der Waals surface area contributed by atoms with Gasteiger partial charge in [-0.25, -0.2) is 16.8 Å². The van der Waals surface area contributed by atoms with Gasteiger partial charge in [-0.3, -0.25) is 19.1 Å². The van der Waals surface area contributed by atoms with E-state index in [1.165, 1.54) is 22.5 Å². The summed E-state index contributed by atoms with van der Waals surface area (Å²) in [7, 11) is -7.60. The summed E-state index contributed by atoms with van der Waals surface area (Å²) in [4.78, 5) is 10.1. The number of non-ortho nitro benzene ring substituents is 1. The van der Waals surface area contributed by atoms with Crippen LogP contribution < -0.4 is 9.03 Å². The van der Waals surface area contributed by atoms with Crippen LogP contribution in [0.3, 0.4) is 0 Å². The number of nitro groups is 1. The lowest BCUT2D eigenvalue weighted by Gasteiger charge is -2.30. The quantitative estimate of drug-likeness (QED) is 0.545. The van der Waals surface area contributed by atoms with Gasteiger partial charge in [-0.2, -0.15) is 0 Å². The number of aryl methyl sites for hydroxylation is 2. The van der Waals surface area contributed by atoms with Crippen LogP contribution in [0, 0.1) is 17.0 Å². The zero-order valence-corrected chi connectivity index (χ0v) is 17.6. The number of fused-ring (bicyclic) bond motifs is 1. The minimum atomic E-state index is -4.11. The first-order valence-electron chi connectivity index (χ1n) is 8.96. The van der Waals surface area contributed by atoms with Crippen LogP contribution in [-0.2, 0) is 26.5 Å². The second-order valence-electron chi connectivity index (χ2n) is 6.73. The number of nitro benzene ring substituents is 1. The number of hydrogen-bond acceptors (Lipinski definition) is 6. The normalized spacial score (nSPS) is 14.3. The summed E-state index contributed by atoms with van der Waals surface area (Å²) >= 11 is 0. The summed E-state index contributed by atoms with van der Waals surface area (Å²) in [5, 5.41) is 11.0. The fourth-order valence-corrected chi connectivity index (χ4v) is 5.75. The third-order valence-electron chi connectivity index (χ3n) is 4.79. The molecule has 11 heteroatoms. The van der Waals surface area contributed by atoms with E-state index < -0.39 is 25.0 Å². The molecule has 0 aliphatic carbocycles. The number of rotatable bonds is 6. The molecule has 0 amide bonds. The first kappa shape index (κ1) is 21.1. The first-order valence-corrected chi connectivity index (χ1v) is 12.1. The molecular weight excluding hydrogens is 418 g/mol. The molecule has 0 spiro atoms. The van der Waals surface area contributed by atoms with Crippen molar-refractivity contribution in [3.63, 3.8) is 0 Å². The van der Waals surface area contributed by atoms with Crippen LogP contribution in [0.25, 0.3) is 0 Å². The summed E-state index contributed by atoms with van der Waals surface area (Å²) in [5.74, 6) is -0.0602. The molecule has 2 aromatic rings. The summed E-state index contributed by atoms with van der Waals surface area (Å²) < 4.78 is 54.2. The Balaban J connectivity index is 2.00. The molecule has 1 aliphatic rings. The maximum atomic E-state index is 12.8. The molecule has 0 aromatic heterocycles. The third kappa shape index (κ3) is 4.20. The molecule has 0 unspecified atom stereocenters. The first-order chi connectivity index (χ1) is 13.5. The maximum absolute atomic E-state index is 12.8. The van der Waals surface area contributed by atoms with Gasteiger partial charge in [0, 0.05) is 18.7 Å². The van der Waals surface area contributed by atoms with Gasteiger partial charge in [0.05, 0.1) is 26.9 Å². The predicted molar refractivity (Wildman–Crippen MR) is 110 cm³/mol. The average Bonchev–Trinajstić information content (AvgIpc) is 2.67. The largest absolute Gasteiger partial charge is 0.280 e. The molecule has 0 radical (unpaired) electrons. The van der Waals surface area contributed by atoms with E-state index in [1.54, 1.807) is 26.0 Å². The number of sulfonamides is 2. The minimum absolute atomic E-state index is 0.0602. The summed E-state index contributed by atoms with van der Waals surface area (Å²) in [6, 6.07) is 8.36. The van der Waals surface area contributed by atoms with Gasteiger partial charge in [-0.05, 0) is 49.9 Å². The molecule has 1 N–H and O–H groups in total. The number of hydrogen-bond donors (Lipinski definition) is 1. The molecule has 0 saturated carbocycles. The SMILES string of the molecule is CCS(=O)(=O)N1CCCc2ccc(NS(=O)(=O)c3cc([N+](=O)[O-])ccc3C)cc21. The number of nitrogens with zero attached hydrogens (tertiary/aromatic N) is 2. The molecule has 0 bridgehead atoms. The fraction of sp³-hybridized carbons (Fsp3) is 0.333. The Bertz CT molecular complexity index is 1180. The van der Waals surface area contributed by atoms with Crippen LogP contribution in [0.4, 0.5) is 17.1 Å². The van der Waals surface area contributed by atoms with Crippen LogP contribution in [-0.4, -0.2) is 34.1 Å². The molecule has 1 heterocycles. The Morgan fingerprint density at radius 2 is 1.86 bits per heavy atom. The van der Waals surface area contributed by atoms with Crippen LogP contribution in [0.1, 0.15) is 24.5 Å². The van der Waals surface area contributed by atoms with E-state index in [-0.39, 0.29) is 22.0 Å². The second kappa shape index (κ2) is 7.64. The third-order valence-corrected chi connectivity index (χ3v) is 8.09. The van der Waals surface area contributed by atoms with Crippen molar-refractivity contribution in [2.24, 2.45) is 0 Å². The lowest BCUT2D eigenvalue weighted by Crippen LogP contribution is -2.36. The van der Waals surface area contributed by atoms with E-state index in [0.29, 0.717) is 30.6 Å². The van der Waals surface area contributed by atoms with Crippen molar-refractivity contribution >= 4 is 37.1 Å². The molecule has 156 valence electrons. The van der Waals surface area contributed by atoms with Gasteiger partial charge in [0.1, 0.15) is 0 Å². The summed E-state index contributed by atoms with van der Waals surface area (Å²) in [6.45, 7) is 3.44. The van der Waals surface area contributed by atoms with Crippen molar-refractivity contribution in [2.75, 3.05) is 21.3 Å². The minimum Gasteiger partial charge on any atom is -0.280 e. The van der Waals surface area contributed by atoms with Crippen molar-refractivity contribution < 1.29 is 21.8 Å². The Kier molecular flexibility index (Phi) is 5.54. The van der Waals surface area contributed by atoms with E-state index in [1.807, 2.05) is 0 Å². The van der Waals surface area contributed by atoms with Gasteiger partial charge in [-0.15, -0.1) is 0 Å². The van der Waals surface area contributed by atoms with Gasteiger partial charge in [0.2, 0.25) is 10.0 Å². The number of anilines is 2. The van der Waals surface area contributed by atoms with E-state index in [2.05, 4.69) is 4.72 Å². The van der Waals surface area contributed by atoms with E-state index in [0.717, 1.165) is 11.6 Å². The van der Waals surface area contributed by atoms with E-state index in [9.17, 15) is 26.9 Å². The van der Waals surface area contributed by atoms with Gasteiger partial charge >= 0.3 is 0 Å². The maximum Gasteiger partial charge on any atom is 0.270 e. The van der Waals surface area contributed by atoms with Crippen LogP contribution >= 0.6 is 0 Å². The van der Waals surface area contributed by atoms with Crippen LogP contribution in [0.5, 0.6) is 0 Å². The fourth-order valence-electron chi connectivity index (χ4n) is 3.25. The highest BCUT2D eigenvalue weighted by Crippen LogP contribution is 2.33. The standard InChI is InChI=1S/C18H21N3O6S2/c1-3-28(24,25)20-10-4-5-14-7-8-15(11-17(14)20)19-29(26,27)18-12-16(21(22)23)9-6-13(18)2/h6-9,11-12,19H,3-5,10H2,1-2H3.